The number of aromatic nitrogens is 2. The van der Waals surface area contributed by atoms with Gasteiger partial charge < -0.3 is 26.6 Å². The van der Waals surface area contributed by atoms with E-state index in [0.717, 1.165) is 18.2 Å². The molecule has 44 heavy (non-hydrogen) atoms. The lowest BCUT2D eigenvalue weighted by Gasteiger charge is -2.38. The summed E-state index contributed by atoms with van der Waals surface area (Å²) in [5.41, 5.74) is 2.56. The lowest BCUT2D eigenvalue weighted by atomic mass is 9.74. The van der Waals surface area contributed by atoms with E-state index in [0.29, 0.717) is 22.2 Å². The Bertz CT molecular complexity index is 1720. The van der Waals surface area contributed by atoms with Crippen molar-refractivity contribution in [2.75, 3.05) is 11.9 Å². The number of hydrogen-bond donors (Lipinski definition) is 5. The highest BCUT2D eigenvalue weighted by Crippen LogP contribution is 2.44. The Labute approximate surface area is 250 Å². The highest BCUT2D eigenvalue weighted by molar-refractivity contribution is 5.98. The first-order valence-corrected chi connectivity index (χ1v) is 13.6. The number of aryl methyl sites for hydroxylation is 1. The zero-order valence-electron chi connectivity index (χ0n) is 24.5. The number of nitrogens with one attached hydrogen (secondary N) is 2. The molecular formula is C31H33F4N5O4. The molecule has 9 nitrogen and oxygen atoms in total. The van der Waals surface area contributed by atoms with Crippen LogP contribution in [0.5, 0.6) is 5.75 Å². The number of carbonyl (C=O) groups excluding carboxylic acids is 2. The number of anilines is 1. The fourth-order valence-electron chi connectivity index (χ4n) is 5.13. The fraction of sp³-hybridized carbons (Fsp3) is 0.323. The summed E-state index contributed by atoms with van der Waals surface area (Å²) in [5.74, 6) is -2.35. The SMILES string of the molecule is Cc1cc(NCC(O)(CC(C)(C)c2cc(F)ccc2O)C(F)(F)F)c2cnn(-c3cccc(C(=O)N[C@H](C)C(N)=O)c3)c2c1. The van der Waals surface area contributed by atoms with E-state index in [1.54, 1.807) is 37.3 Å². The van der Waals surface area contributed by atoms with Crippen LogP contribution in [0, 0.1) is 12.7 Å². The molecule has 2 amide bonds. The van der Waals surface area contributed by atoms with Gasteiger partial charge in [0.1, 0.15) is 17.6 Å². The van der Waals surface area contributed by atoms with Gasteiger partial charge in [-0.2, -0.15) is 18.3 Å². The zero-order chi connectivity index (χ0) is 32.6. The second-order valence-electron chi connectivity index (χ2n) is 11.6. The molecule has 0 spiro atoms. The summed E-state index contributed by atoms with van der Waals surface area (Å²) in [6, 6.07) is 11.9. The maximum absolute atomic E-state index is 14.4. The Balaban J connectivity index is 1.65. The largest absolute Gasteiger partial charge is 0.508 e. The molecule has 0 fully saturated rings. The number of phenolic OH excluding ortho intramolecular Hbond substituents is 1. The van der Waals surface area contributed by atoms with Crippen LogP contribution in [-0.4, -0.2) is 56.2 Å². The summed E-state index contributed by atoms with van der Waals surface area (Å²) in [6.45, 7) is 5.01. The minimum absolute atomic E-state index is 0.0700. The van der Waals surface area contributed by atoms with E-state index in [1.165, 1.54) is 37.7 Å². The number of hydrogen-bond acceptors (Lipinski definition) is 6. The summed E-state index contributed by atoms with van der Waals surface area (Å²) in [4.78, 5) is 24.0. The number of rotatable bonds is 10. The first-order chi connectivity index (χ1) is 20.4. The molecule has 4 rings (SSSR count). The third-order valence-electron chi connectivity index (χ3n) is 7.48. The van der Waals surface area contributed by atoms with Crippen molar-refractivity contribution in [3.63, 3.8) is 0 Å². The van der Waals surface area contributed by atoms with Gasteiger partial charge in [-0.1, -0.05) is 19.9 Å². The molecule has 0 saturated heterocycles. The lowest BCUT2D eigenvalue weighted by Crippen LogP contribution is -2.53. The first kappa shape index (κ1) is 32.3. The quantitative estimate of drug-likeness (QED) is 0.161. The Morgan fingerprint density at radius 1 is 1.09 bits per heavy atom. The summed E-state index contributed by atoms with van der Waals surface area (Å²) < 4.78 is 58.5. The first-order valence-electron chi connectivity index (χ1n) is 13.6. The summed E-state index contributed by atoms with van der Waals surface area (Å²) in [7, 11) is 0. The molecule has 0 saturated carbocycles. The lowest BCUT2D eigenvalue weighted by molar-refractivity contribution is -0.260. The molecule has 2 atom stereocenters. The number of carbonyl (C=O) groups is 2. The third kappa shape index (κ3) is 6.62. The number of aliphatic hydroxyl groups is 1. The van der Waals surface area contributed by atoms with Crippen LogP contribution in [0.2, 0.25) is 0 Å². The standard InChI is InChI=1S/C31H33F4N5O4/c1-17-10-24(37-16-30(44,31(33,34)35)15-29(3,4)23-13-20(32)8-9-26(23)41)22-14-38-40(25(22)11-17)21-7-5-6-19(12-21)28(43)39-18(2)27(36)42/h5-14,18,37,41,44H,15-16H2,1-4H3,(H2,36,42)(H,39,43)/t18-,30?/m1/s1. The molecule has 0 aliphatic carbocycles. The van der Waals surface area contributed by atoms with E-state index in [4.69, 9.17) is 5.73 Å². The molecule has 0 radical (unpaired) electrons. The van der Waals surface area contributed by atoms with Crippen LogP contribution >= 0.6 is 0 Å². The van der Waals surface area contributed by atoms with Gasteiger partial charge in [-0.05, 0) is 79.8 Å². The molecule has 6 N–H and O–H groups in total. The van der Waals surface area contributed by atoms with Crippen molar-refractivity contribution >= 4 is 28.4 Å². The molecule has 1 heterocycles. The maximum Gasteiger partial charge on any atom is 0.418 e. The van der Waals surface area contributed by atoms with Gasteiger partial charge >= 0.3 is 6.18 Å². The molecule has 0 aliphatic rings. The monoisotopic (exact) mass is 615 g/mol. The smallest absolute Gasteiger partial charge is 0.418 e. The summed E-state index contributed by atoms with van der Waals surface area (Å²) in [5, 5.41) is 31.3. The molecule has 1 unspecified atom stereocenters. The van der Waals surface area contributed by atoms with E-state index in [2.05, 4.69) is 15.7 Å². The Morgan fingerprint density at radius 2 is 1.80 bits per heavy atom. The van der Waals surface area contributed by atoms with E-state index >= 15 is 0 Å². The van der Waals surface area contributed by atoms with Gasteiger partial charge in [0.05, 0.1) is 23.9 Å². The van der Waals surface area contributed by atoms with E-state index in [-0.39, 0.29) is 22.6 Å². The zero-order valence-corrected chi connectivity index (χ0v) is 24.5. The van der Waals surface area contributed by atoms with E-state index < -0.39 is 53.8 Å². The molecule has 0 bridgehead atoms. The highest BCUT2D eigenvalue weighted by atomic mass is 19.4. The molecule has 1 aromatic heterocycles. The van der Waals surface area contributed by atoms with Crippen molar-refractivity contribution in [1.82, 2.24) is 15.1 Å². The van der Waals surface area contributed by atoms with Crippen LogP contribution in [0.3, 0.4) is 0 Å². The molecular weight excluding hydrogens is 582 g/mol. The number of fused-ring (bicyclic) bond motifs is 1. The molecule has 234 valence electrons. The molecule has 3 aromatic carbocycles. The Hall–Kier alpha value is -4.65. The van der Waals surface area contributed by atoms with Gasteiger partial charge in [-0.3, -0.25) is 9.59 Å². The number of amides is 2. The van der Waals surface area contributed by atoms with Gasteiger partial charge in [-0.25, -0.2) is 9.07 Å². The Morgan fingerprint density at radius 3 is 2.45 bits per heavy atom. The van der Waals surface area contributed by atoms with Crippen molar-refractivity contribution in [2.45, 2.75) is 57.3 Å². The van der Waals surface area contributed by atoms with Crippen molar-refractivity contribution in [3.8, 4) is 11.4 Å². The van der Waals surface area contributed by atoms with Crippen molar-refractivity contribution in [3.05, 3.63) is 83.3 Å². The Kier molecular flexibility index (Phi) is 8.65. The van der Waals surface area contributed by atoms with E-state index in [1.807, 2.05) is 0 Å². The van der Waals surface area contributed by atoms with Gasteiger partial charge in [0, 0.05) is 22.2 Å². The van der Waals surface area contributed by atoms with Gasteiger partial charge in [0.25, 0.3) is 5.91 Å². The van der Waals surface area contributed by atoms with Crippen LogP contribution in [-0.2, 0) is 10.2 Å². The normalized spacial score (nSPS) is 14.2. The van der Waals surface area contributed by atoms with Crippen LogP contribution in [0.15, 0.2) is 60.8 Å². The topological polar surface area (TPSA) is 142 Å². The van der Waals surface area contributed by atoms with Crippen LogP contribution in [0.1, 0.15) is 48.7 Å². The van der Waals surface area contributed by atoms with Gasteiger partial charge in [-0.15, -0.1) is 0 Å². The fourth-order valence-corrected chi connectivity index (χ4v) is 5.13. The molecule has 0 aliphatic heterocycles. The van der Waals surface area contributed by atoms with Gasteiger partial charge in [0.2, 0.25) is 5.91 Å². The number of aromatic hydroxyl groups is 1. The number of benzene rings is 3. The second-order valence-corrected chi connectivity index (χ2v) is 11.6. The number of halogens is 4. The number of nitrogens with zero attached hydrogens (tertiary/aromatic N) is 2. The number of phenols is 1. The maximum atomic E-state index is 14.4. The summed E-state index contributed by atoms with van der Waals surface area (Å²) >= 11 is 0. The predicted molar refractivity (Wildman–Crippen MR) is 157 cm³/mol. The summed E-state index contributed by atoms with van der Waals surface area (Å²) in [6.07, 6.45) is -4.52. The van der Waals surface area contributed by atoms with Gasteiger partial charge in [0.15, 0.2) is 5.60 Å². The number of alkyl halides is 3. The van der Waals surface area contributed by atoms with Crippen LogP contribution < -0.4 is 16.4 Å². The highest BCUT2D eigenvalue weighted by Gasteiger charge is 2.56. The average Bonchev–Trinajstić information content (AvgIpc) is 3.36. The van der Waals surface area contributed by atoms with E-state index in [9.17, 15) is 37.4 Å². The van der Waals surface area contributed by atoms with Crippen LogP contribution in [0.25, 0.3) is 16.6 Å². The van der Waals surface area contributed by atoms with Crippen molar-refractivity contribution < 1.29 is 37.4 Å². The molecule has 4 aromatic rings. The van der Waals surface area contributed by atoms with Crippen LogP contribution in [0.4, 0.5) is 23.2 Å². The minimum atomic E-state index is -5.08. The minimum Gasteiger partial charge on any atom is -0.508 e. The number of primary amides is 1. The average molecular weight is 616 g/mol. The van der Waals surface area contributed by atoms with Crippen molar-refractivity contribution in [2.24, 2.45) is 5.73 Å². The number of nitrogens with two attached hydrogens (primary N) is 1. The van der Waals surface area contributed by atoms with Crippen molar-refractivity contribution in [1.29, 1.82) is 0 Å². The third-order valence-corrected chi connectivity index (χ3v) is 7.48. The second kappa shape index (κ2) is 11.8. The molecule has 13 heteroatoms. The predicted octanol–water partition coefficient (Wildman–Crippen LogP) is 4.86.